The Morgan fingerprint density at radius 3 is 2.24 bits per heavy atom. The van der Waals surface area contributed by atoms with Crippen molar-refractivity contribution >= 4 is 39.7 Å². The molecule has 7 heteroatoms. The van der Waals surface area contributed by atoms with Crippen molar-refractivity contribution in [2.75, 3.05) is 30.0 Å². The summed E-state index contributed by atoms with van der Waals surface area (Å²) in [6.45, 7) is 9.80. The zero-order valence-electron chi connectivity index (χ0n) is 13.1. The van der Waals surface area contributed by atoms with Crippen LogP contribution in [-0.2, 0) is 4.74 Å². The molecule has 4 N–H and O–H groups in total. The SMILES string of the molecule is CSc1c(N2CC(C)(C)OC(C)(C)C2)sc(C(N)=O)c1N. The van der Waals surface area contributed by atoms with Crippen molar-refractivity contribution in [2.45, 2.75) is 43.8 Å². The quantitative estimate of drug-likeness (QED) is 0.833. The first kappa shape index (κ1) is 16.5. The van der Waals surface area contributed by atoms with Crippen molar-refractivity contribution in [3.63, 3.8) is 0 Å². The monoisotopic (exact) mass is 329 g/mol. The lowest BCUT2D eigenvalue weighted by Crippen LogP contribution is -2.57. The highest BCUT2D eigenvalue weighted by Gasteiger charge is 2.39. The van der Waals surface area contributed by atoms with Crippen LogP contribution in [0.2, 0.25) is 0 Å². The Kier molecular flexibility index (Phi) is 4.21. The highest BCUT2D eigenvalue weighted by Crippen LogP contribution is 2.45. The van der Waals surface area contributed by atoms with Gasteiger partial charge < -0.3 is 21.1 Å². The van der Waals surface area contributed by atoms with Crippen molar-refractivity contribution in [3.05, 3.63) is 4.88 Å². The maximum atomic E-state index is 11.5. The zero-order chi connectivity index (χ0) is 16.0. The predicted octanol–water partition coefficient (Wildman–Crippen LogP) is 2.54. The predicted molar refractivity (Wildman–Crippen MR) is 90.5 cm³/mol. The minimum absolute atomic E-state index is 0.261. The smallest absolute Gasteiger partial charge is 0.261 e. The van der Waals surface area contributed by atoms with Crippen molar-refractivity contribution in [1.82, 2.24) is 0 Å². The first-order chi connectivity index (χ1) is 9.56. The fourth-order valence-electron chi connectivity index (χ4n) is 2.94. The molecule has 1 aliphatic rings. The van der Waals surface area contributed by atoms with Crippen LogP contribution >= 0.6 is 23.1 Å². The Bertz CT molecular complexity index is 551. The number of hydrogen-bond donors (Lipinski definition) is 2. The van der Waals surface area contributed by atoms with Crippen molar-refractivity contribution in [2.24, 2.45) is 5.73 Å². The van der Waals surface area contributed by atoms with Gasteiger partial charge in [0.25, 0.3) is 5.91 Å². The second-order valence-corrected chi connectivity index (χ2v) is 8.34. The van der Waals surface area contributed by atoms with E-state index < -0.39 is 5.91 Å². The number of amides is 1. The van der Waals surface area contributed by atoms with Crippen LogP contribution in [0.3, 0.4) is 0 Å². The molecule has 0 radical (unpaired) electrons. The maximum Gasteiger partial charge on any atom is 0.261 e. The first-order valence-corrected chi connectivity index (χ1v) is 8.81. The third-order valence-corrected chi connectivity index (χ3v) is 5.52. The summed E-state index contributed by atoms with van der Waals surface area (Å²) in [5.41, 5.74) is 11.5. The van der Waals surface area contributed by atoms with Crippen LogP contribution in [0.5, 0.6) is 0 Å². The van der Waals surface area contributed by atoms with E-state index in [-0.39, 0.29) is 11.2 Å². The van der Waals surface area contributed by atoms with Crippen LogP contribution in [0.4, 0.5) is 10.7 Å². The molecule has 1 saturated heterocycles. The molecule has 0 aliphatic carbocycles. The van der Waals surface area contributed by atoms with Crippen LogP contribution in [0.1, 0.15) is 37.4 Å². The topological polar surface area (TPSA) is 81.6 Å². The van der Waals surface area contributed by atoms with Gasteiger partial charge in [0, 0.05) is 13.1 Å². The number of primary amides is 1. The summed E-state index contributed by atoms with van der Waals surface area (Å²) < 4.78 is 6.10. The number of nitrogens with zero attached hydrogens (tertiary/aromatic N) is 1. The average molecular weight is 329 g/mol. The lowest BCUT2D eigenvalue weighted by Gasteiger charge is -2.47. The number of carbonyl (C=O) groups excluding carboxylic acids is 1. The highest BCUT2D eigenvalue weighted by molar-refractivity contribution is 7.99. The van der Waals surface area contributed by atoms with E-state index in [0.29, 0.717) is 10.6 Å². The molecule has 1 aliphatic heterocycles. The normalized spacial score (nSPS) is 20.5. The summed E-state index contributed by atoms with van der Waals surface area (Å²) in [4.78, 5) is 15.2. The van der Waals surface area contributed by atoms with Gasteiger partial charge in [0.05, 0.1) is 21.8 Å². The van der Waals surface area contributed by atoms with E-state index in [2.05, 4.69) is 32.6 Å². The number of hydrogen-bond acceptors (Lipinski definition) is 6. The average Bonchev–Trinajstić information content (AvgIpc) is 2.62. The molecule has 0 aromatic carbocycles. The largest absolute Gasteiger partial charge is 0.396 e. The van der Waals surface area contributed by atoms with Crippen LogP contribution in [-0.4, -0.2) is 36.5 Å². The number of thiophene rings is 1. The Balaban J connectivity index is 2.46. The molecule has 0 bridgehead atoms. The lowest BCUT2D eigenvalue weighted by atomic mass is 9.99. The highest BCUT2D eigenvalue weighted by atomic mass is 32.2. The Labute approximate surface area is 134 Å². The Hall–Kier alpha value is -0.920. The summed E-state index contributed by atoms with van der Waals surface area (Å²) in [6.07, 6.45) is 1.96. The number of carbonyl (C=O) groups is 1. The number of nitrogen functional groups attached to an aromatic ring is 1. The minimum Gasteiger partial charge on any atom is -0.396 e. The third kappa shape index (κ3) is 3.30. The number of nitrogens with two attached hydrogens (primary N) is 2. The van der Waals surface area contributed by atoms with Gasteiger partial charge in [-0.05, 0) is 34.0 Å². The van der Waals surface area contributed by atoms with Gasteiger partial charge in [-0.2, -0.15) is 0 Å². The second-order valence-electron chi connectivity index (χ2n) is 6.53. The van der Waals surface area contributed by atoms with Crippen LogP contribution in [0.15, 0.2) is 4.90 Å². The summed E-state index contributed by atoms with van der Waals surface area (Å²) in [7, 11) is 0. The van der Waals surface area contributed by atoms with E-state index >= 15 is 0 Å². The van der Waals surface area contributed by atoms with Crippen molar-refractivity contribution < 1.29 is 9.53 Å². The third-order valence-electron chi connectivity index (χ3n) is 3.29. The summed E-state index contributed by atoms with van der Waals surface area (Å²) in [5.74, 6) is -0.467. The summed E-state index contributed by atoms with van der Waals surface area (Å²) >= 11 is 2.93. The van der Waals surface area contributed by atoms with Gasteiger partial charge in [0.15, 0.2) is 0 Å². The number of ether oxygens (including phenoxy) is 1. The molecule has 1 aromatic heterocycles. The van der Waals surface area contributed by atoms with E-state index in [4.69, 9.17) is 16.2 Å². The molecule has 0 unspecified atom stereocenters. The fourth-order valence-corrected chi connectivity index (χ4v) is 4.97. The molecule has 0 atom stereocenters. The standard InChI is InChI=1S/C14H23N3O2S2/c1-13(2)6-17(7-14(3,4)19-13)12-10(20-5)8(15)9(21-12)11(16)18/h6-7,15H2,1-5H3,(H2,16,18). The molecule has 0 saturated carbocycles. The van der Waals surface area contributed by atoms with E-state index in [1.165, 1.54) is 11.3 Å². The number of thioether (sulfide) groups is 1. The van der Waals surface area contributed by atoms with Crippen molar-refractivity contribution in [3.8, 4) is 0 Å². The molecule has 1 fully saturated rings. The van der Waals surface area contributed by atoms with Gasteiger partial charge in [-0.3, -0.25) is 4.79 Å². The molecule has 2 heterocycles. The van der Waals surface area contributed by atoms with E-state index in [0.717, 1.165) is 23.0 Å². The molecule has 1 amide bonds. The summed E-state index contributed by atoms with van der Waals surface area (Å²) in [5, 5.41) is 1.01. The van der Waals surface area contributed by atoms with Crippen LogP contribution < -0.4 is 16.4 Å². The van der Waals surface area contributed by atoms with E-state index in [9.17, 15) is 4.79 Å². The fraction of sp³-hybridized carbons (Fsp3) is 0.643. The van der Waals surface area contributed by atoms with E-state index in [1.54, 1.807) is 11.8 Å². The Morgan fingerprint density at radius 2 is 1.81 bits per heavy atom. The summed E-state index contributed by atoms with van der Waals surface area (Å²) in [6, 6.07) is 0. The number of morpholine rings is 1. The number of rotatable bonds is 3. The number of anilines is 2. The van der Waals surface area contributed by atoms with Crippen molar-refractivity contribution in [1.29, 1.82) is 0 Å². The van der Waals surface area contributed by atoms with Gasteiger partial charge in [-0.15, -0.1) is 23.1 Å². The second kappa shape index (κ2) is 5.37. The van der Waals surface area contributed by atoms with Gasteiger partial charge in [0.1, 0.15) is 9.88 Å². The first-order valence-electron chi connectivity index (χ1n) is 6.77. The minimum atomic E-state index is -0.467. The molecule has 5 nitrogen and oxygen atoms in total. The zero-order valence-corrected chi connectivity index (χ0v) is 14.8. The molecular weight excluding hydrogens is 306 g/mol. The van der Waals surface area contributed by atoms with Gasteiger partial charge in [-0.1, -0.05) is 0 Å². The van der Waals surface area contributed by atoms with Gasteiger partial charge in [0.2, 0.25) is 0 Å². The molecule has 21 heavy (non-hydrogen) atoms. The van der Waals surface area contributed by atoms with Gasteiger partial charge >= 0.3 is 0 Å². The maximum absolute atomic E-state index is 11.5. The van der Waals surface area contributed by atoms with E-state index in [1.807, 2.05) is 6.26 Å². The molecule has 118 valence electrons. The lowest BCUT2D eigenvalue weighted by molar-refractivity contribution is -0.133. The molecular formula is C14H23N3O2S2. The Morgan fingerprint density at radius 1 is 1.29 bits per heavy atom. The van der Waals surface area contributed by atoms with Gasteiger partial charge in [-0.25, -0.2) is 0 Å². The molecule has 1 aromatic rings. The molecule has 0 spiro atoms. The van der Waals surface area contributed by atoms with Crippen LogP contribution in [0.25, 0.3) is 0 Å². The molecule has 2 rings (SSSR count). The van der Waals surface area contributed by atoms with Crippen LogP contribution in [0, 0.1) is 0 Å².